The van der Waals surface area contributed by atoms with Crippen LogP contribution in [0.4, 0.5) is 0 Å². The third-order valence-corrected chi connectivity index (χ3v) is 11.7. The Balaban J connectivity index is 2.31. The van der Waals surface area contributed by atoms with Crippen molar-refractivity contribution in [2.45, 2.75) is 150 Å². The SMILES string of the molecule is CC[C@H](C)[C@@H]([C@@H](CC(=O)N1CCC[C@H]1[C@H](OC)[C@@H](C)C(=O)C[C@@H](Cc1ccccc1)C(=O)OC(C)(C)C)OC)N(C)C(=O)[C@@H](CC(=O)[C@@H](NC)C(C)C)C(C)C. The molecule has 1 aliphatic rings. The summed E-state index contributed by atoms with van der Waals surface area (Å²) >= 11 is 0. The van der Waals surface area contributed by atoms with Gasteiger partial charge in [-0.25, -0.2) is 0 Å². The Morgan fingerprint density at radius 2 is 1.52 bits per heavy atom. The smallest absolute Gasteiger partial charge is 0.310 e. The van der Waals surface area contributed by atoms with Gasteiger partial charge < -0.3 is 29.3 Å². The van der Waals surface area contributed by atoms with Gasteiger partial charge in [0.2, 0.25) is 11.8 Å². The van der Waals surface area contributed by atoms with Crippen molar-refractivity contribution in [1.82, 2.24) is 15.1 Å². The average molecular weight is 786 g/mol. The van der Waals surface area contributed by atoms with E-state index >= 15 is 0 Å². The molecule has 1 aromatic rings. The Morgan fingerprint density at radius 1 is 0.893 bits per heavy atom. The first kappa shape index (κ1) is 49.0. The van der Waals surface area contributed by atoms with E-state index in [0.717, 1.165) is 18.4 Å². The fraction of sp³-hybridized carbons (Fsp3) is 0.756. The van der Waals surface area contributed by atoms with Gasteiger partial charge in [-0.3, -0.25) is 24.0 Å². The third-order valence-electron chi connectivity index (χ3n) is 11.7. The standard InChI is InChI=1S/C45H75N3O8/c1-15-30(6)41(47(12)43(52)34(28(2)3)26-37(50)40(46-11)29(4)5)38(54-13)27-39(51)48-23-19-22-35(48)42(55-14)31(7)36(49)25-33(44(53)56-45(8,9)10)24-32-20-17-16-18-21-32/h16-18,20-21,28-31,33-35,38,40-42,46H,15,19,22-27H2,1-14H3/t30-,31-,33+,34-,35-,38+,40-,41-,42+/m0/s1. The summed E-state index contributed by atoms with van der Waals surface area (Å²) in [6.45, 7) is 19.8. The van der Waals surface area contributed by atoms with Crippen LogP contribution in [0.2, 0.25) is 0 Å². The van der Waals surface area contributed by atoms with Gasteiger partial charge in [-0.05, 0) is 70.4 Å². The summed E-state index contributed by atoms with van der Waals surface area (Å²) in [5, 5.41) is 3.11. The Hall–Kier alpha value is -3.15. The minimum Gasteiger partial charge on any atom is -0.460 e. The summed E-state index contributed by atoms with van der Waals surface area (Å²) in [7, 11) is 6.68. The molecule has 0 aromatic heterocycles. The molecule has 9 atom stereocenters. The number of hydrogen-bond donors (Lipinski definition) is 1. The van der Waals surface area contributed by atoms with E-state index in [1.54, 1.807) is 33.2 Å². The van der Waals surface area contributed by atoms with Crippen LogP contribution in [0.15, 0.2) is 30.3 Å². The van der Waals surface area contributed by atoms with Gasteiger partial charge in [-0.1, -0.05) is 85.2 Å². The van der Waals surface area contributed by atoms with Gasteiger partial charge in [0.25, 0.3) is 0 Å². The summed E-state index contributed by atoms with van der Waals surface area (Å²) in [5.74, 6) is -2.55. The van der Waals surface area contributed by atoms with Crippen LogP contribution in [0.5, 0.6) is 0 Å². The van der Waals surface area contributed by atoms with E-state index in [9.17, 15) is 24.0 Å². The first-order valence-corrected chi connectivity index (χ1v) is 20.8. The predicted octanol–water partition coefficient (Wildman–Crippen LogP) is 6.54. The van der Waals surface area contributed by atoms with Crippen molar-refractivity contribution in [2.75, 3.05) is 34.9 Å². The Labute approximate surface area is 338 Å². The van der Waals surface area contributed by atoms with Crippen LogP contribution in [0.25, 0.3) is 0 Å². The molecule has 11 nitrogen and oxygen atoms in total. The second-order valence-electron chi connectivity index (χ2n) is 17.7. The molecule has 1 N–H and O–H groups in total. The molecule has 2 amide bonds. The Bertz CT molecular complexity index is 1410. The van der Waals surface area contributed by atoms with Crippen molar-refractivity contribution in [3.8, 4) is 0 Å². The first-order chi connectivity index (χ1) is 26.2. The molecule has 318 valence electrons. The number of nitrogens with zero attached hydrogens (tertiary/aromatic N) is 2. The minimum absolute atomic E-state index is 0.00141. The number of nitrogens with one attached hydrogen (secondary N) is 1. The quantitative estimate of drug-likeness (QED) is 0.123. The van der Waals surface area contributed by atoms with Gasteiger partial charge >= 0.3 is 5.97 Å². The van der Waals surface area contributed by atoms with Crippen molar-refractivity contribution < 1.29 is 38.2 Å². The normalized spacial score (nSPS) is 19.1. The molecular formula is C45H75N3O8. The molecule has 0 saturated carbocycles. The summed E-state index contributed by atoms with van der Waals surface area (Å²) < 4.78 is 17.8. The molecule has 1 heterocycles. The summed E-state index contributed by atoms with van der Waals surface area (Å²) in [6.07, 6.45) is 1.51. The number of carbonyl (C=O) groups excluding carboxylic acids is 5. The zero-order chi connectivity index (χ0) is 42.5. The topological polar surface area (TPSA) is 132 Å². The molecule has 1 saturated heterocycles. The van der Waals surface area contributed by atoms with E-state index in [-0.39, 0.29) is 72.5 Å². The van der Waals surface area contributed by atoms with Gasteiger partial charge in [0, 0.05) is 52.5 Å². The van der Waals surface area contributed by atoms with Gasteiger partial charge in [0.05, 0.1) is 42.7 Å². The van der Waals surface area contributed by atoms with Gasteiger partial charge in [-0.15, -0.1) is 0 Å². The van der Waals surface area contributed by atoms with Crippen LogP contribution in [0.3, 0.4) is 0 Å². The van der Waals surface area contributed by atoms with Crippen LogP contribution in [-0.4, -0.2) is 110 Å². The zero-order valence-electron chi connectivity index (χ0n) is 37.1. The predicted molar refractivity (Wildman–Crippen MR) is 221 cm³/mol. The van der Waals surface area contributed by atoms with Crippen LogP contribution in [0, 0.1) is 35.5 Å². The number of ketones is 2. The lowest BCUT2D eigenvalue weighted by molar-refractivity contribution is -0.161. The molecule has 0 aliphatic carbocycles. The molecule has 1 aliphatic heterocycles. The number of likely N-dealkylation sites (tertiary alicyclic amines) is 1. The number of benzene rings is 1. The first-order valence-electron chi connectivity index (χ1n) is 20.8. The lowest BCUT2D eigenvalue weighted by Gasteiger charge is -2.41. The van der Waals surface area contributed by atoms with Gasteiger partial charge in [0.1, 0.15) is 11.4 Å². The number of rotatable bonds is 23. The molecule has 0 unspecified atom stereocenters. The lowest BCUT2D eigenvalue weighted by Crippen LogP contribution is -2.54. The highest BCUT2D eigenvalue weighted by atomic mass is 16.6. The Morgan fingerprint density at radius 3 is 2.02 bits per heavy atom. The number of esters is 1. The van der Waals surface area contributed by atoms with Crippen molar-refractivity contribution in [1.29, 1.82) is 0 Å². The molecule has 11 heteroatoms. The molecule has 0 spiro atoms. The maximum absolute atomic E-state index is 14.3. The fourth-order valence-corrected chi connectivity index (χ4v) is 8.37. The second-order valence-corrected chi connectivity index (χ2v) is 17.7. The number of likely N-dealkylation sites (N-methyl/N-ethyl adjacent to an activating group) is 2. The number of carbonyl (C=O) groups is 5. The van der Waals surface area contributed by atoms with Crippen LogP contribution in [0.1, 0.15) is 113 Å². The average Bonchev–Trinajstić information content (AvgIpc) is 3.62. The van der Waals surface area contributed by atoms with Crippen LogP contribution < -0.4 is 5.32 Å². The number of ether oxygens (including phenoxy) is 3. The highest BCUT2D eigenvalue weighted by molar-refractivity contribution is 5.90. The maximum atomic E-state index is 14.3. The second kappa shape index (κ2) is 22.7. The van der Waals surface area contributed by atoms with E-state index in [0.29, 0.717) is 19.4 Å². The third kappa shape index (κ3) is 13.8. The monoisotopic (exact) mass is 786 g/mol. The molecular weight excluding hydrogens is 711 g/mol. The van der Waals surface area contributed by atoms with Crippen LogP contribution >= 0.6 is 0 Å². The molecule has 0 bridgehead atoms. The van der Waals surface area contributed by atoms with Crippen molar-refractivity contribution in [3.05, 3.63) is 35.9 Å². The lowest BCUT2D eigenvalue weighted by atomic mass is 9.84. The minimum atomic E-state index is -0.699. The highest BCUT2D eigenvalue weighted by Crippen LogP contribution is 2.32. The maximum Gasteiger partial charge on any atom is 0.310 e. The van der Waals surface area contributed by atoms with Crippen molar-refractivity contribution in [2.24, 2.45) is 35.5 Å². The van der Waals surface area contributed by atoms with E-state index in [1.165, 1.54) is 0 Å². The van der Waals surface area contributed by atoms with Crippen molar-refractivity contribution >= 4 is 29.4 Å². The number of Topliss-reactive ketones (excluding diaryl/α,β-unsaturated/α-hetero) is 2. The van der Waals surface area contributed by atoms with E-state index in [1.807, 2.05) is 90.6 Å². The van der Waals surface area contributed by atoms with E-state index < -0.39 is 47.6 Å². The van der Waals surface area contributed by atoms with Crippen molar-refractivity contribution in [3.63, 3.8) is 0 Å². The summed E-state index contributed by atoms with van der Waals surface area (Å²) in [4.78, 5) is 72.8. The largest absolute Gasteiger partial charge is 0.460 e. The van der Waals surface area contributed by atoms with Gasteiger partial charge in [-0.2, -0.15) is 0 Å². The molecule has 56 heavy (non-hydrogen) atoms. The summed E-state index contributed by atoms with van der Waals surface area (Å²) in [5.41, 5.74) is 0.243. The number of methoxy groups -OCH3 is 2. The molecule has 2 rings (SSSR count). The van der Waals surface area contributed by atoms with E-state index in [4.69, 9.17) is 14.2 Å². The number of amides is 2. The molecule has 1 aromatic carbocycles. The molecule has 1 fully saturated rings. The number of hydrogen-bond acceptors (Lipinski definition) is 9. The zero-order valence-corrected chi connectivity index (χ0v) is 37.1. The van der Waals surface area contributed by atoms with E-state index in [2.05, 4.69) is 19.2 Å². The van der Waals surface area contributed by atoms with Crippen LogP contribution in [-0.2, 0) is 44.6 Å². The Kier molecular flexibility index (Phi) is 19.9. The highest BCUT2D eigenvalue weighted by Gasteiger charge is 2.43. The molecule has 0 radical (unpaired) electrons. The van der Waals surface area contributed by atoms with Gasteiger partial charge in [0.15, 0.2) is 5.78 Å². The summed E-state index contributed by atoms with van der Waals surface area (Å²) in [6, 6.07) is 8.50. The fourth-order valence-electron chi connectivity index (χ4n) is 8.37.